The highest BCUT2D eigenvalue weighted by Crippen LogP contribution is 2.24. The Bertz CT molecular complexity index is 771. The van der Waals surface area contributed by atoms with Crippen LogP contribution in [0.2, 0.25) is 10.0 Å². The van der Waals surface area contributed by atoms with Crippen molar-refractivity contribution in [3.05, 3.63) is 40.5 Å². The number of anilines is 1. The number of carbonyl (C=O) groups excluding carboxylic acids is 1. The lowest BCUT2D eigenvalue weighted by molar-refractivity contribution is -0.130. The van der Waals surface area contributed by atoms with E-state index in [-0.39, 0.29) is 5.91 Å². The number of rotatable bonds is 7. The second-order valence-electron chi connectivity index (χ2n) is 6.73. The zero-order chi connectivity index (χ0) is 19.2. The molecule has 1 saturated heterocycles. The second kappa shape index (κ2) is 9.44. The van der Waals surface area contributed by atoms with Crippen molar-refractivity contribution in [3.8, 4) is 5.69 Å². The van der Waals surface area contributed by atoms with Crippen molar-refractivity contribution in [2.75, 3.05) is 44.6 Å². The van der Waals surface area contributed by atoms with Gasteiger partial charge in [-0.1, -0.05) is 23.2 Å². The third-order valence-corrected chi connectivity index (χ3v) is 5.52. The molecule has 2 aromatic rings. The molecular weight excluding hydrogens is 385 g/mol. The van der Waals surface area contributed by atoms with Gasteiger partial charge in [-0.25, -0.2) is 4.68 Å². The number of nitrogens with one attached hydrogen (secondary N) is 1. The Morgan fingerprint density at radius 2 is 1.89 bits per heavy atom. The number of nitrogens with zero attached hydrogens (tertiary/aromatic N) is 4. The molecule has 1 fully saturated rings. The normalized spacial score (nSPS) is 15.1. The van der Waals surface area contributed by atoms with E-state index in [9.17, 15) is 4.79 Å². The number of unbranched alkanes of at least 4 members (excludes halogenated alkanes) is 1. The highest BCUT2D eigenvalue weighted by atomic mass is 35.5. The van der Waals surface area contributed by atoms with Crippen LogP contribution in [0.5, 0.6) is 0 Å². The molecule has 2 heterocycles. The highest BCUT2D eigenvalue weighted by Gasteiger charge is 2.17. The van der Waals surface area contributed by atoms with Crippen molar-refractivity contribution in [1.29, 1.82) is 0 Å². The van der Waals surface area contributed by atoms with Crippen LogP contribution in [0.25, 0.3) is 5.69 Å². The second-order valence-corrected chi connectivity index (χ2v) is 7.54. The summed E-state index contributed by atoms with van der Waals surface area (Å²) in [6.07, 6.45) is 4.10. The Morgan fingerprint density at radius 3 is 2.59 bits per heavy atom. The molecule has 1 aliphatic rings. The van der Waals surface area contributed by atoms with Gasteiger partial charge in [0.25, 0.3) is 0 Å². The van der Waals surface area contributed by atoms with Crippen molar-refractivity contribution >= 4 is 34.9 Å². The molecule has 1 aromatic heterocycles. The van der Waals surface area contributed by atoms with Gasteiger partial charge in [-0.05, 0) is 37.6 Å². The Balaban J connectivity index is 1.36. The van der Waals surface area contributed by atoms with Gasteiger partial charge in [-0.3, -0.25) is 9.69 Å². The molecule has 1 amide bonds. The maximum absolute atomic E-state index is 11.3. The van der Waals surface area contributed by atoms with Crippen LogP contribution in [0.15, 0.2) is 30.5 Å². The maximum atomic E-state index is 11.3. The molecule has 0 atom stereocenters. The average Bonchev–Trinajstić information content (AvgIpc) is 3.13. The third-order valence-electron chi connectivity index (χ3n) is 4.78. The molecule has 0 bridgehead atoms. The van der Waals surface area contributed by atoms with Gasteiger partial charge >= 0.3 is 0 Å². The fraction of sp³-hybridized carbons (Fsp3) is 0.474. The zero-order valence-electron chi connectivity index (χ0n) is 15.5. The summed E-state index contributed by atoms with van der Waals surface area (Å²) >= 11 is 12.0. The number of aromatic nitrogens is 2. The predicted molar refractivity (Wildman–Crippen MR) is 110 cm³/mol. The van der Waals surface area contributed by atoms with E-state index in [0.29, 0.717) is 10.0 Å². The SMILES string of the molecule is CC(=O)N1CCN(CCCCNc2ccn(-c3ccc(Cl)c(Cl)c3)n2)CC1. The van der Waals surface area contributed by atoms with Gasteiger partial charge < -0.3 is 10.2 Å². The number of hydrogen-bond acceptors (Lipinski definition) is 4. The van der Waals surface area contributed by atoms with Crippen LogP contribution in [-0.2, 0) is 4.79 Å². The quantitative estimate of drug-likeness (QED) is 0.710. The van der Waals surface area contributed by atoms with Crippen LogP contribution < -0.4 is 5.32 Å². The molecule has 1 aliphatic heterocycles. The van der Waals surface area contributed by atoms with Crippen LogP contribution in [0.3, 0.4) is 0 Å². The van der Waals surface area contributed by atoms with E-state index < -0.39 is 0 Å². The molecule has 0 unspecified atom stereocenters. The number of hydrogen-bond donors (Lipinski definition) is 1. The molecule has 8 heteroatoms. The minimum absolute atomic E-state index is 0.180. The number of halogens is 2. The van der Waals surface area contributed by atoms with Gasteiger partial charge in [0.05, 0.1) is 15.7 Å². The van der Waals surface area contributed by atoms with E-state index in [1.165, 1.54) is 0 Å². The average molecular weight is 410 g/mol. The van der Waals surface area contributed by atoms with Crippen molar-refractivity contribution in [2.24, 2.45) is 0 Å². The Morgan fingerprint density at radius 1 is 1.11 bits per heavy atom. The predicted octanol–water partition coefficient (Wildman–Crippen LogP) is 3.54. The number of benzene rings is 1. The topological polar surface area (TPSA) is 53.4 Å². The first-order valence-electron chi connectivity index (χ1n) is 9.26. The Hall–Kier alpha value is -1.76. The van der Waals surface area contributed by atoms with Crippen molar-refractivity contribution in [2.45, 2.75) is 19.8 Å². The van der Waals surface area contributed by atoms with Gasteiger partial charge in [-0.15, -0.1) is 0 Å². The molecule has 6 nitrogen and oxygen atoms in total. The van der Waals surface area contributed by atoms with E-state index in [1.807, 2.05) is 23.2 Å². The molecule has 0 saturated carbocycles. The van der Waals surface area contributed by atoms with Crippen LogP contribution in [0.1, 0.15) is 19.8 Å². The first-order valence-corrected chi connectivity index (χ1v) is 10.0. The summed E-state index contributed by atoms with van der Waals surface area (Å²) in [6.45, 7) is 7.24. The van der Waals surface area contributed by atoms with Crippen molar-refractivity contribution < 1.29 is 4.79 Å². The number of amides is 1. The molecule has 0 radical (unpaired) electrons. The lowest BCUT2D eigenvalue weighted by atomic mass is 10.2. The molecule has 0 spiro atoms. The smallest absolute Gasteiger partial charge is 0.219 e. The van der Waals surface area contributed by atoms with Crippen molar-refractivity contribution in [1.82, 2.24) is 19.6 Å². The monoisotopic (exact) mass is 409 g/mol. The van der Waals surface area contributed by atoms with Crippen LogP contribution in [0, 0.1) is 0 Å². The molecule has 146 valence electrons. The molecular formula is C19H25Cl2N5O. The fourth-order valence-electron chi connectivity index (χ4n) is 3.15. The van der Waals surface area contributed by atoms with Gasteiger partial charge in [0.1, 0.15) is 5.82 Å². The molecule has 3 rings (SSSR count). The van der Waals surface area contributed by atoms with Crippen LogP contribution in [0.4, 0.5) is 5.82 Å². The van der Waals surface area contributed by atoms with Crippen molar-refractivity contribution in [3.63, 3.8) is 0 Å². The first-order chi connectivity index (χ1) is 13.0. The van der Waals surface area contributed by atoms with Crippen LogP contribution in [-0.4, -0.2) is 64.8 Å². The molecule has 0 aliphatic carbocycles. The fourth-order valence-corrected chi connectivity index (χ4v) is 3.45. The van der Waals surface area contributed by atoms with E-state index in [1.54, 1.807) is 23.7 Å². The van der Waals surface area contributed by atoms with Gasteiger partial charge in [0.15, 0.2) is 0 Å². The van der Waals surface area contributed by atoms with E-state index in [4.69, 9.17) is 23.2 Å². The highest BCUT2D eigenvalue weighted by molar-refractivity contribution is 6.42. The Labute approximate surface area is 170 Å². The Kier molecular flexibility index (Phi) is 6.99. The number of carbonyl (C=O) groups is 1. The third kappa shape index (κ3) is 5.61. The minimum atomic E-state index is 0.180. The summed E-state index contributed by atoms with van der Waals surface area (Å²) in [6, 6.07) is 7.40. The summed E-state index contributed by atoms with van der Waals surface area (Å²) in [5, 5.41) is 8.93. The van der Waals surface area contributed by atoms with Gasteiger partial charge in [-0.2, -0.15) is 5.10 Å². The van der Waals surface area contributed by atoms with E-state index in [0.717, 1.165) is 63.6 Å². The molecule has 27 heavy (non-hydrogen) atoms. The minimum Gasteiger partial charge on any atom is -0.369 e. The molecule has 1 aromatic carbocycles. The first kappa shape index (κ1) is 20.0. The summed E-state index contributed by atoms with van der Waals surface area (Å²) in [7, 11) is 0. The molecule has 1 N–H and O–H groups in total. The summed E-state index contributed by atoms with van der Waals surface area (Å²) in [4.78, 5) is 15.7. The summed E-state index contributed by atoms with van der Waals surface area (Å²) in [5.41, 5.74) is 0.877. The summed E-state index contributed by atoms with van der Waals surface area (Å²) < 4.78 is 1.78. The lowest BCUT2D eigenvalue weighted by Crippen LogP contribution is -2.48. The van der Waals surface area contributed by atoms with E-state index >= 15 is 0 Å². The van der Waals surface area contributed by atoms with Gasteiger partial charge in [0, 0.05) is 51.9 Å². The largest absolute Gasteiger partial charge is 0.369 e. The van der Waals surface area contributed by atoms with Gasteiger partial charge in [0.2, 0.25) is 5.91 Å². The lowest BCUT2D eigenvalue weighted by Gasteiger charge is -2.34. The number of piperazine rings is 1. The maximum Gasteiger partial charge on any atom is 0.219 e. The summed E-state index contributed by atoms with van der Waals surface area (Å²) in [5.74, 6) is 1.02. The zero-order valence-corrected chi connectivity index (χ0v) is 17.0. The van der Waals surface area contributed by atoms with Crippen LogP contribution >= 0.6 is 23.2 Å². The van der Waals surface area contributed by atoms with E-state index in [2.05, 4.69) is 15.3 Å². The standard InChI is InChI=1S/C19H25Cl2N5O/c1-15(27)25-12-10-24(11-13-25)8-3-2-7-22-19-6-9-26(23-19)16-4-5-17(20)18(21)14-16/h4-6,9,14H,2-3,7-8,10-13H2,1H3,(H,22,23).